The fourth-order valence-electron chi connectivity index (χ4n) is 4.67. The Morgan fingerprint density at radius 1 is 0.585 bits per heavy atom. The van der Waals surface area contributed by atoms with Gasteiger partial charge in [-0.2, -0.15) is 10.2 Å². The summed E-state index contributed by atoms with van der Waals surface area (Å²) in [5, 5.41) is 26.5. The second kappa shape index (κ2) is 22.5. The molecule has 7 aromatic rings. The van der Waals surface area contributed by atoms with E-state index in [1.807, 2.05) is 41.1 Å². The Hall–Kier alpha value is -4.60. The lowest BCUT2D eigenvalue weighted by Gasteiger charge is -2.07. The zero-order chi connectivity index (χ0) is 37.8. The summed E-state index contributed by atoms with van der Waals surface area (Å²) < 4.78 is 15.9. The third-order valence-corrected chi connectivity index (χ3v) is 8.95. The molecule has 0 saturated heterocycles. The lowest BCUT2D eigenvalue weighted by molar-refractivity contribution is 0.414. The molecule has 0 fully saturated rings. The minimum Gasteiger partial charge on any atom is -0.497 e. The molecular formula is C39H38BBr3N6O4. The summed E-state index contributed by atoms with van der Waals surface area (Å²) in [4.78, 5) is 7.84. The van der Waals surface area contributed by atoms with Gasteiger partial charge in [-0.25, -0.2) is 19.3 Å². The third-order valence-electron chi connectivity index (χ3n) is 7.32. The largest absolute Gasteiger partial charge is 0.497 e. The van der Waals surface area contributed by atoms with Gasteiger partial charge in [0.1, 0.15) is 36.8 Å². The number of halogens is 3. The van der Waals surface area contributed by atoms with E-state index in [9.17, 15) is 0 Å². The standard InChI is InChI=1S/C16H15N3O.C9H8BrN3.C7H9BO3.C7H6Br2/c1-20-16-7-5-14(6-8-16)15-4-2-3-13(9-15)10-19-12-17-11-18-19;10-9-3-1-2-8(4-9)5-13-7-11-6-12-13;1-11-7-4-2-6(3-5-7)8(9)10;8-5-6-2-1-3-7(9)4-6/h2-9,11-12H,10H2,1H3;1-4,6-7H,5H2;2-5,9-10H,1H3;1-4H,5H2. The Morgan fingerprint density at radius 3 is 1.49 bits per heavy atom. The van der Waals surface area contributed by atoms with Crippen molar-refractivity contribution >= 4 is 60.4 Å². The SMILES string of the molecule is BrCc1cccc(Br)c1.Brc1cccc(Cn2cncn2)c1.COc1ccc(-c2cccc(Cn3cncn3)c2)cc1.COc1ccc(B(O)O)cc1. The van der Waals surface area contributed by atoms with E-state index in [0.717, 1.165) is 33.1 Å². The van der Waals surface area contributed by atoms with E-state index >= 15 is 0 Å². The molecule has 0 aliphatic rings. The number of benzene rings is 5. The topological polar surface area (TPSA) is 120 Å². The van der Waals surface area contributed by atoms with Crippen LogP contribution in [0.4, 0.5) is 0 Å². The number of alkyl halides is 1. The van der Waals surface area contributed by atoms with Crippen molar-refractivity contribution < 1.29 is 19.5 Å². The van der Waals surface area contributed by atoms with E-state index in [0.29, 0.717) is 11.2 Å². The Labute approximate surface area is 335 Å². The summed E-state index contributed by atoms with van der Waals surface area (Å²) in [5.41, 5.74) is 6.52. The van der Waals surface area contributed by atoms with Gasteiger partial charge in [-0.15, -0.1) is 0 Å². The Kier molecular flexibility index (Phi) is 17.5. The summed E-state index contributed by atoms with van der Waals surface area (Å²) in [6.07, 6.45) is 6.52. The predicted octanol–water partition coefficient (Wildman–Crippen LogP) is 7.81. The van der Waals surface area contributed by atoms with E-state index in [1.165, 1.54) is 34.1 Å². The smallest absolute Gasteiger partial charge is 0.488 e. The summed E-state index contributed by atoms with van der Waals surface area (Å²) >= 11 is 10.2. The molecule has 0 aliphatic carbocycles. The fraction of sp³-hybridized carbons (Fsp3) is 0.128. The predicted molar refractivity (Wildman–Crippen MR) is 220 cm³/mol. The highest BCUT2D eigenvalue weighted by Gasteiger charge is 2.09. The molecule has 53 heavy (non-hydrogen) atoms. The van der Waals surface area contributed by atoms with Crippen LogP contribution in [-0.4, -0.2) is 60.9 Å². The van der Waals surface area contributed by atoms with Crippen molar-refractivity contribution in [2.75, 3.05) is 14.2 Å². The molecular weight excluding hydrogens is 867 g/mol. The monoisotopic (exact) mass is 902 g/mol. The normalized spacial score (nSPS) is 10.0. The molecule has 0 aliphatic heterocycles. The average molecular weight is 905 g/mol. The molecule has 14 heteroatoms. The van der Waals surface area contributed by atoms with Crippen molar-refractivity contribution in [1.29, 1.82) is 0 Å². The van der Waals surface area contributed by atoms with E-state index in [4.69, 9.17) is 19.5 Å². The van der Waals surface area contributed by atoms with Gasteiger partial charge in [0, 0.05) is 14.3 Å². The van der Waals surface area contributed by atoms with Crippen LogP contribution >= 0.6 is 47.8 Å². The van der Waals surface area contributed by atoms with Gasteiger partial charge in [0.15, 0.2) is 0 Å². The Morgan fingerprint density at radius 2 is 1.06 bits per heavy atom. The summed E-state index contributed by atoms with van der Waals surface area (Å²) in [5.74, 6) is 1.57. The first-order chi connectivity index (χ1) is 25.8. The van der Waals surface area contributed by atoms with E-state index in [2.05, 4.69) is 129 Å². The maximum absolute atomic E-state index is 8.70. The number of hydrogen-bond donors (Lipinski definition) is 2. The molecule has 0 spiro atoms. The molecule has 2 aromatic heterocycles. The van der Waals surface area contributed by atoms with Crippen LogP contribution in [0.2, 0.25) is 0 Å². The maximum atomic E-state index is 8.70. The number of nitrogens with zero attached hydrogens (tertiary/aromatic N) is 6. The first kappa shape index (κ1) is 41.2. The molecule has 0 amide bonds. The van der Waals surface area contributed by atoms with Crippen molar-refractivity contribution in [3.63, 3.8) is 0 Å². The van der Waals surface area contributed by atoms with Crippen LogP contribution in [0.25, 0.3) is 11.1 Å². The minimum absolute atomic E-state index is 0.464. The number of methoxy groups -OCH3 is 2. The molecule has 7 rings (SSSR count). The number of ether oxygens (including phenoxy) is 2. The molecule has 0 bridgehead atoms. The molecule has 10 nitrogen and oxygen atoms in total. The van der Waals surface area contributed by atoms with Gasteiger partial charge in [-0.05, 0) is 87.9 Å². The van der Waals surface area contributed by atoms with Crippen LogP contribution in [0.3, 0.4) is 0 Å². The van der Waals surface area contributed by atoms with Gasteiger partial charge >= 0.3 is 7.12 Å². The first-order valence-corrected chi connectivity index (χ1v) is 18.9. The lowest BCUT2D eigenvalue weighted by atomic mass is 9.80. The molecule has 0 saturated carbocycles. The molecule has 0 atom stereocenters. The highest BCUT2D eigenvalue weighted by molar-refractivity contribution is 9.10. The fourth-order valence-corrected chi connectivity index (χ4v) is 5.91. The van der Waals surface area contributed by atoms with Crippen molar-refractivity contribution in [2.45, 2.75) is 18.4 Å². The van der Waals surface area contributed by atoms with Gasteiger partial charge in [0.2, 0.25) is 0 Å². The molecule has 2 heterocycles. The maximum Gasteiger partial charge on any atom is 0.488 e. The van der Waals surface area contributed by atoms with E-state index in [1.54, 1.807) is 62.1 Å². The van der Waals surface area contributed by atoms with Crippen molar-refractivity contribution in [2.24, 2.45) is 0 Å². The van der Waals surface area contributed by atoms with E-state index in [-0.39, 0.29) is 0 Å². The van der Waals surface area contributed by atoms with Crippen molar-refractivity contribution in [1.82, 2.24) is 29.5 Å². The van der Waals surface area contributed by atoms with Crippen LogP contribution in [0, 0.1) is 0 Å². The average Bonchev–Trinajstić information content (AvgIpc) is 3.91. The van der Waals surface area contributed by atoms with E-state index < -0.39 is 7.12 Å². The highest BCUT2D eigenvalue weighted by Crippen LogP contribution is 2.23. The Bertz CT molecular complexity index is 2050. The zero-order valence-corrected chi connectivity index (χ0v) is 33.8. The Balaban J connectivity index is 0.000000166. The first-order valence-electron chi connectivity index (χ1n) is 16.2. The summed E-state index contributed by atoms with van der Waals surface area (Å²) in [7, 11) is 1.83. The highest BCUT2D eigenvalue weighted by atomic mass is 79.9. The van der Waals surface area contributed by atoms with Crippen LogP contribution < -0.4 is 14.9 Å². The van der Waals surface area contributed by atoms with Gasteiger partial charge < -0.3 is 19.5 Å². The molecule has 0 unspecified atom stereocenters. The molecule has 2 N–H and O–H groups in total. The van der Waals surface area contributed by atoms with Gasteiger partial charge in [0.05, 0.1) is 27.3 Å². The van der Waals surface area contributed by atoms with Gasteiger partial charge in [-0.3, -0.25) is 0 Å². The molecule has 272 valence electrons. The number of rotatable bonds is 9. The molecule has 0 radical (unpaired) electrons. The van der Waals surface area contributed by atoms with Crippen LogP contribution in [0.15, 0.2) is 156 Å². The summed E-state index contributed by atoms with van der Waals surface area (Å²) in [6.45, 7) is 1.49. The van der Waals surface area contributed by atoms with Crippen molar-refractivity contribution in [3.8, 4) is 22.6 Å². The zero-order valence-electron chi connectivity index (χ0n) is 29.1. The van der Waals surface area contributed by atoms with Crippen LogP contribution in [-0.2, 0) is 18.4 Å². The molecule has 5 aromatic carbocycles. The third kappa shape index (κ3) is 14.7. The van der Waals surface area contributed by atoms with Gasteiger partial charge in [-0.1, -0.05) is 115 Å². The minimum atomic E-state index is -1.40. The lowest BCUT2D eigenvalue weighted by Crippen LogP contribution is -2.29. The van der Waals surface area contributed by atoms with Crippen molar-refractivity contribution in [3.05, 3.63) is 172 Å². The van der Waals surface area contributed by atoms with Crippen LogP contribution in [0.1, 0.15) is 16.7 Å². The number of hydrogen-bond acceptors (Lipinski definition) is 8. The second-order valence-corrected chi connectivity index (χ2v) is 13.5. The van der Waals surface area contributed by atoms with Crippen LogP contribution in [0.5, 0.6) is 11.5 Å². The summed E-state index contributed by atoms with van der Waals surface area (Å²) in [6, 6.07) is 39.4. The second-order valence-electron chi connectivity index (χ2n) is 11.2. The van der Waals surface area contributed by atoms with Gasteiger partial charge in [0.25, 0.3) is 0 Å². The number of aromatic nitrogens is 6. The quantitative estimate of drug-likeness (QED) is 0.111.